The molecule has 11 heteroatoms. The van der Waals surface area contributed by atoms with Gasteiger partial charge in [-0.05, 0) is 36.4 Å². The first-order valence-electron chi connectivity index (χ1n) is 10.2. The zero-order valence-corrected chi connectivity index (χ0v) is 18.3. The van der Waals surface area contributed by atoms with Crippen LogP contribution in [0.1, 0.15) is 22.0 Å². The van der Waals surface area contributed by atoms with Crippen LogP contribution < -0.4 is 10.1 Å². The fraction of sp³-hybridized carbons (Fsp3) is 0.0833. The summed E-state index contributed by atoms with van der Waals surface area (Å²) in [6.07, 6.45) is -1.35. The minimum absolute atomic E-state index is 0.0453. The molecule has 0 bridgehead atoms. The van der Waals surface area contributed by atoms with E-state index in [0.717, 1.165) is 0 Å². The molecule has 0 saturated carbocycles. The molecule has 11 nitrogen and oxygen atoms in total. The lowest BCUT2D eigenvalue weighted by Gasteiger charge is -2.17. The number of methoxy groups -OCH3 is 1. The molecule has 1 amide bonds. The summed E-state index contributed by atoms with van der Waals surface area (Å²) < 4.78 is 16.1. The van der Waals surface area contributed by atoms with Crippen molar-refractivity contribution in [1.82, 2.24) is 10.2 Å². The number of anilines is 1. The van der Waals surface area contributed by atoms with E-state index in [1.54, 1.807) is 61.7 Å². The topological polar surface area (TPSA) is 147 Å². The molecule has 1 atom stereocenters. The fourth-order valence-corrected chi connectivity index (χ4v) is 3.09. The maximum absolute atomic E-state index is 13.0. The Morgan fingerprint density at radius 3 is 2.29 bits per heavy atom. The highest BCUT2D eigenvalue weighted by Crippen LogP contribution is 2.25. The smallest absolute Gasteiger partial charge is 0.339 e. The van der Waals surface area contributed by atoms with Crippen LogP contribution in [0.5, 0.6) is 5.75 Å². The summed E-state index contributed by atoms with van der Waals surface area (Å²) in [6, 6.07) is 19.9. The lowest BCUT2D eigenvalue weighted by molar-refractivity contribution is -0.384. The Morgan fingerprint density at radius 2 is 1.66 bits per heavy atom. The summed E-state index contributed by atoms with van der Waals surface area (Å²) in [5, 5.41) is 21.1. The average Bonchev–Trinajstić information content (AvgIpc) is 3.36. The minimum atomic E-state index is -1.35. The highest BCUT2D eigenvalue weighted by molar-refractivity contribution is 5.97. The van der Waals surface area contributed by atoms with Gasteiger partial charge in [-0.3, -0.25) is 20.2 Å². The van der Waals surface area contributed by atoms with Gasteiger partial charge in [0.1, 0.15) is 5.75 Å². The van der Waals surface area contributed by atoms with Crippen molar-refractivity contribution < 1.29 is 28.4 Å². The summed E-state index contributed by atoms with van der Waals surface area (Å²) in [5.41, 5.74) is 0.880. The Hall–Kier alpha value is -5.06. The number of ether oxygens (including phenoxy) is 2. The van der Waals surface area contributed by atoms with Crippen LogP contribution in [0, 0.1) is 10.1 Å². The number of rotatable bonds is 8. The lowest BCUT2D eigenvalue weighted by atomic mass is 10.1. The van der Waals surface area contributed by atoms with E-state index in [4.69, 9.17) is 13.9 Å². The number of nitro groups is 1. The van der Waals surface area contributed by atoms with Crippen LogP contribution in [0.4, 0.5) is 11.7 Å². The predicted molar refractivity (Wildman–Crippen MR) is 123 cm³/mol. The van der Waals surface area contributed by atoms with Crippen molar-refractivity contribution in [1.29, 1.82) is 0 Å². The Kier molecular flexibility index (Phi) is 6.77. The first-order valence-corrected chi connectivity index (χ1v) is 10.2. The molecule has 3 aromatic carbocycles. The Morgan fingerprint density at radius 1 is 0.971 bits per heavy atom. The number of hydrogen-bond acceptors (Lipinski definition) is 9. The van der Waals surface area contributed by atoms with E-state index in [-0.39, 0.29) is 23.2 Å². The second kappa shape index (κ2) is 10.3. The molecule has 0 spiro atoms. The molecule has 1 heterocycles. The molecule has 0 aliphatic carbocycles. The molecular formula is C24H18N4O7. The molecule has 35 heavy (non-hydrogen) atoms. The number of nitro benzene ring substituents is 1. The normalized spacial score (nSPS) is 11.3. The van der Waals surface area contributed by atoms with E-state index in [2.05, 4.69) is 15.5 Å². The van der Waals surface area contributed by atoms with Crippen molar-refractivity contribution in [2.75, 3.05) is 12.4 Å². The highest BCUT2D eigenvalue weighted by Gasteiger charge is 2.27. The van der Waals surface area contributed by atoms with Crippen LogP contribution in [0.15, 0.2) is 83.3 Å². The maximum atomic E-state index is 13.0. The van der Waals surface area contributed by atoms with Gasteiger partial charge in [0.15, 0.2) is 0 Å². The molecule has 1 unspecified atom stereocenters. The standard InChI is InChI=1S/C24H18N4O7/c1-33-19-13-9-16(10-14-19)22-26-27-24(35-22)25-21(29)20(15-5-3-2-4-6-15)34-23(30)17-7-11-18(12-8-17)28(31)32/h2-14,20H,1H3,(H,25,27,29). The number of non-ortho nitro benzene ring substituents is 1. The van der Waals surface area contributed by atoms with Gasteiger partial charge in [-0.1, -0.05) is 35.4 Å². The van der Waals surface area contributed by atoms with Gasteiger partial charge in [-0.15, -0.1) is 5.10 Å². The lowest BCUT2D eigenvalue weighted by Crippen LogP contribution is -2.26. The van der Waals surface area contributed by atoms with Gasteiger partial charge in [0.05, 0.1) is 17.6 Å². The Balaban J connectivity index is 1.52. The van der Waals surface area contributed by atoms with Crippen LogP contribution in [0.2, 0.25) is 0 Å². The van der Waals surface area contributed by atoms with Crippen molar-refractivity contribution >= 4 is 23.6 Å². The summed E-state index contributed by atoms with van der Waals surface area (Å²) in [4.78, 5) is 36.0. The third-order valence-corrected chi connectivity index (χ3v) is 4.87. The SMILES string of the molecule is COc1ccc(-c2nnc(NC(=O)C(OC(=O)c3ccc([N+](=O)[O-])cc3)c3ccccc3)o2)cc1. The van der Waals surface area contributed by atoms with E-state index in [9.17, 15) is 19.7 Å². The Labute approximate surface area is 198 Å². The monoisotopic (exact) mass is 474 g/mol. The second-order valence-electron chi connectivity index (χ2n) is 7.13. The first-order chi connectivity index (χ1) is 16.9. The van der Waals surface area contributed by atoms with E-state index < -0.39 is 22.9 Å². The number of nitrogens with zero attached hydrogens (tertiary/aromatic N) is 3. The number of amides is 1. The van der Waals surface area contributed by atoms with E-state index in [1.165, 1.54) is 24.3 Å². The number of nitrogens with one attached hydrogen (secondary N) is 1. The molecule has 0 saturated heterocycles. The largest absolute Gasteiger partial charge is 0.497 e. The highest BCUT2D eigenvalue weighted by atomic mass is 16.6. The zero-order valence-electron chi connectivity index (χ0n) is 18.3. The van der Waals surface area contributed by atoms with Gasteiger partial charge < -0.3 is 13.9 Å². The third-order valence-electron chi connectivity index (χ3n) is 4.87. The van der Waals surface area contributed by atoms with E-state index in [1.807, 2.05) is 0 Å². The van der Waals surface area contributed by atoms with Gasteiger partial charge in [-0.25, -0.2) is 4.79 Å². The molecule has 1 aromatic heterocycles. The number of carbonyl (C=O) groups is 2. The third kappa shape index (κ3) is 5.47. The van der Waals surface area contributed by atoms with Crippen LogP contribution in [-0.4, -0.2) is 34.1 Å². The molecule has 176 valence electrons. The summed E-state index contributed by atoms with van der Waals surface area (Å²) in [5.74, 6) is -0.742. The van der Waals surface area contributed by atoms with Crippen LogP contribution >= 0.6 is 0 Å². The molecule has 4 rings (SSSR count). The fourth-order valence-electron chi connectivity index (χ4n) is 3.09. The molecule has 0 radical (unpaired) electrons. The van der Waals surface area contributed by atoms with Gasteiger partial charge >= 0.3 is 12.0 Å². The number of benzene rings is 3. The maximum Gasteiger partial charge on any atom is 0.339 e. The summed E-state index contributed by atoms with van der Waals surface area (Å²) in [7, 11) is 1.55. The van der Waals surface area contributed by atoms with Crippen molar-refractivity contribution in [2.24, 2.45) is 0 Å². The van der Waals surface area contributed by atoms with Gasteiger partial charge in [0, 0.05) is 23.3 Å². The van der Waals surface area contributed by atoms with Crippen LogP contribution in [0.25, 0.3) is 11.5 Å². The van der Waals surface area contributed by atoms with E-state index >= 15 is 0 Å². The second-order valence-corrected chi connectivity index (χ2v) is 7.13. The van der Waals surface area contributed by atoms with Crippen molar-refractivity contribution in [3.8, 4) is 17.2 Å². The van der Waals surface area contributed by atoms with Crippen molar-refractivity contribution in [3.63, 3.8) is 0 Å². The predicted octanol–water partition coefficient (Wildman–Crippen LogP) is 4.19. The molecule has 1 N–H and O–H groups in total. The van der Waals surface area contributed by atoms with Crippen LogP contribution in [0.3, 0.4) is 0 Å². The number of carbonyl (C=O) groups excluding carboxylic acids is 2. The average molecular weight is 474 g/mol. The van der Waals surface area contributed by atoms with Gasteiger partial charge in [-0.2, -0.15) is 0 Å². The molecule has 0 fully saturated rings. The van der Waals surface area contributed by atoms with Crippen molar-refractivity contribution in [2.45, 2.75) is 6.10 Å². The zero-order chi connectivity index (χ0) is 24.8. The van der Waals surface area contributed by atoms with E-state index in [0.29, 0.717) is 16.9 Å². The minimum Gasteiger partial charge on any atom is -0.497 e. The summed E-state index contributed by atoms with van der Waals surface area (Å²) >= 11 is 0. The summed E-state index contributed by atoms with van der Waals surface area (Å²) in [6.45, 7) is 0. The number of esters is 1. The molecular weight excluding hydrogens is 456 g/mol. The molecule has 0 aliphatic heterocycles. The number of hydrogen-bond donors (Lipinski definition) is 1. The van der Waals surface area contributed by atoms with Gasteiger partial charge in [0.25, 0.3) is 11.6 Å². The van der Waals surface area contributed by atoms with Crippen LogP contribution in [-0.2, 0) is 9.53 Å². The quantitative estimate of drug-likeness (QED) is 0.225. The molecule has 0 aliphatic rings. The Bertz CT molecular complexity index is 1340. The first kappa shape index (κ1) is 23.1. The molecule has 4 aromatic rings. The number of aromatic nitrogens is 2. The van der Waals surface area contributed by atoms with Crippen molar-refractivity contribution in [3.05, 3.63) is 100 Å². The van der Waals surface area contributed by atoms with Gasteiger partial charge in [0.2, 0.25) is 12.0 Å².